The van der Waals surface area contributed by atoms with Gasteiger partial charge in [0, 0.05) is 11.1 Å². The molecule has 2 heterocycles. The highest BCUT2D eigenvalue weighted by Crippen LogP contribution is 2.12. The third-order valence-electron chi connectivity index (χ3n) is 1.81. The molecule has 4 N–H and O–H groups in total. The first-order chi connectivity index (χ1) is 7.66. The Morgan fingerprint density at radius 3 is 2.81 bits per heavy atom. The maximum Gasteiger partial charge on any atom is 0.327 e. The number of thiophene rings is 1. The first kappa shape index (κ1) is 10.4. The summed E-state index contributed by atoms with van der Waals surface area (Å²) in [5.41, 5.74) is 4.24. The minimum Gasteiger partial charge on any atom is -0.383 e. The number of nitrogens with zero attached hydrogens (tertiary/aromatic N) is 1. The van der Waals surface area contributed by atoms with Gasteiger partial charge in [0.05, 0.1) is 0 Å². The summed E-state index contributed by atoms with van der Waals surface area (Å²) in [6, 6.07) is 3.72. The van der Waals surface area contributed by atoms with E-state index in [1.165, 1.54) is 17.6 Å². The summed E-state index contributed by atoms with van der Waals surface area (Å²) < 4.78 is 0. The fraction of sp³-hybridized carbons (Fsp3) is 0. The Hall–Kier alpha value is -2.15. The van der Waals surface area contributed by atoms with Crippen molar-refractivity contribution in [2.75, 3.05) is 5.73 Å². The number of nitrogens with two attached hydrogens (primary N) is 1. The molecule has 7 heteroatoms. The van der Waals surface area contributed by atoms with Crippen molar-refractivity contribution in [3.8, 4) is 0 Å². The number of hydrogen-bond acceptors (Lipinski definition) is 5. The van der Waals surface area contributed by atoms with Gasteiger partial charge in [-0.1, -0.05) is 6.07 Å². The molecule has 82 valence electrons. The molecular formula is C9H8N4O2S. The van der Waals surface area contributed by atoms with Crippen LogP contribution in [0.3, 0.4) is 0 Å². The zero-order chi connectivity index (χ0) is 11.5. The molecule has 16 heavy (non-hydrogen) atoms. The third-order valence-corrected chi connectivity index (χ3v) is 2.62. The highest BCUT2D eigenvalue weighted by molar-refractivity contribution is 7.11. The molecule has 0 saturated heterocycles. The van der Waals surface area contributed by atoms with Crippen molar-refractivity contribution in [3.05, 3.63) is 43.2 Å². The molecule has 0 fully saturated rings. The average Bonchev–Trinajstić information content (AvgIpc) is 2.68. The summed E-state index contributed by atoms with van der Waals surface area (Å²) in [4.78, 5) is 31.4. The number of nitrogens with one attached hydrogen (secondary N) is 2. The van der Waals surface area contributed by atoms with Crippen molar-refractivity contribution in [1.29, 1.82) is 0 Å². The summed E-state index contributed by atoms with van der Waals surface area (Å²) in [5, 5.41) is 1.89. The Morgan fingerprint density at radius 1 is 1.38 bits per heavy atom. The van der Waals surface area contributed by atoms with Crippen LogP contribution in [0.5, 0.6) is 0 Å². The lowest BCUT2D eigenvalue weighted by atomic mass is 10.4. The van der Waals surface area contributed by atoms with Gasteiger partial charge < -0.3 is 5.73 Å². The predicted octanol–water partition coefficient (Wildman–Crippen LogP) is 0.457. The predicted molar refractivity (Wildman–Crippen MR) is 63.7 cm³/mol. The van der Waals surface area contributed by atoms with Crippen molar-refractivity contribution in [1.82, 2.24) is 9.97 Å². The van der Waals surface area contributed by atoms with Crippen LogP contribution in [0.15, 0.2) is 32.1 Å². The lowest BCUT2D eigenvalue weighted by molar-refractivity contribution is 1.04. The molecule has 0 atom stereocenters. The van der Waals surface area contributed by atoms with Crippen LogP contribution >= 0.6 is 11.3 Å². The molecule has 0 radical (unpaired) electrons. The van der Waals surface area contributed by atoms with Crippen molar-refractivity contribution < 1.29 is 0 Å². The van der Waals surface area contributed by atoms with E-state index in [2.05, 4.69) is 15.0 Å². The highest BCUT2D eigenvalue weighted by atomic mass is 32.1. The Balaban J connectivity index is 2.43. The van der Waals surface area contributed by atoms with Gasteiger partial charge in [0.25, 0.3) is 5.56 Å². The van der Waals surface area contributed by atoms with E-state index in [9.17, 15) is 9.59 Å². The summed E-state index contributed by atoms with van der Waals surface area (Å²) >= 11 is 1.48. The SMILES string of the molecule is Nc1[nH]c(=O)[nH]c(=O)c1N=Cc1cccs1. The molecule has 0 spiro atoms. The van der Waals surface area contributed by atoms with E-state index >= 15 is 0 Å². The van der Waals surface area contributed by atoms with Crippen LogP contribution in [0, 0.1) is 0 Å². The third kappa shape index (κ3) is 2.09. The van der Waals surface area contributed by atoms with Crippen molar-refractivity contribution in [2.24, 2.45) is 4.99 Å². The van der Waals surface area contributed by atoms with E-state index < -0.39 is 11.2 Å². The lowest BCUT2D eigenvalue weighted by Crippen LogP contribution is -2.23. The minimum absolute atomic E-state index is 0.00741. The maximum atomic E-state index is 11.4. The minimum atomic E-state index is -0.641. The van der Waals surface area contributed by atoms with Gasteiger partial charge in [0.15, 0.2) is 5.69 Å². The van der Waals surface area contributed by atoms with Gasteiger partial charge in [0.2, 0.25) is 0 Å². The standard InChI is InChI=1S/C9H8N4O2S/c10-7-6(8(14)13-9(15)12-7)11-4-5-2-1-3-16-5/h1-4H,(H4,10,12,13,14,15). The van der Waals surface area contributed by atoms with Crippen LogP contribution in [-0.4, -0.2) is 16.2 Å². The molecule has 0 bridgehead atoms. The Bertz CT molecular complexity index is 624. The summed E-state index contributed by atoms with van der Waals surface area (Å²) in [5.74, 6) is -0.0402. The summed E-state index contributed by atoms with van der Waals surface area (Å²) in [7, 11) is 0. The van der Waals surface area contributed by atoms with Gasteiger partial charge in [-0.15, -0.1) is 11.3 Å². The van der Waals surface area contributed by atoms with Gasteiger partial charge >= 0.3 is 5.69 Å². The van der Waals surface area contributed by atoms with E-state index in [0.717, 1.165) is 4.88 Å². The second-order valence-corrected chi connectivity index (χ2v) is 3.92. The number of rotatable bonds is 2. The first-order valence-corrected chi connectivity index (χ1v) is 5.24. The van der Waals surface area contributed by atoms with Crippen molar-refractivity contribution in [2.45, 2.75) is 0 Å². The lowest BCUT2D eigenvalue weighted by Gasteiger charge is -1.96. The first-order valence-electron chi connectivity index (χ1n) is 4.36. The molecule has 2 rings (SSSR count). The molecule has 2 aromatic heterocycles. The summed E-state index contributed by atoms with van der Waals surface area (Å²) in [6.07, 6.45) is 1.52. The van der Waals surface area contributed by atoms with Crippen LogP contribution in [0.1, 0.15) is 4.88 Å². The number of anilines is 1. The number of nitrogen functional groups attached to an aromatic ring is 1. The normalized spacial score (nSPS) is 11.0. The van der Waals surface area contributed by atoms with Crippen molar-refractivity contribution in [3.63, 3.8) is 0 Å². The molecule has 6 nitrogen and oxygen atoms in total. The number of H-pyrrole nitrogens is 2. The monoisotopic (exact) mass is 236 g/mol. The second kappa shape index (κ2) is 4.15. The molecule has 2 aromatic rings. The summed E-state index contributed by atoms with van der Waals surface area (Å²) in [6.45, 7) is 0. The molecule has 0 aliphatic heterocycles. The Morgan fingerprint density at radius 2 is 2.19 bits per heavy atom. The largest absolute Gasteiger partial charge is 0.383 e. The molecule has 0 aliphatic carbocycles. The van der Waals surface area contributed by atoms with Gasteiger partial charge in [-0.2, -0.15) is 0 Å². The van der Waals surface area contributed by atoms with E-state index in [-0.39, 0.29) is 11.5 Å². The highest BCUT2D eigenvalue weighted by Gasteiger charge is 2.03. The zero-order valence-electron chi connectivity index (χ0n) is 8.06. The van der Waals surface area contributed by atoms with Crippen LogP contribution in [-0.2, 0) is 0 Å². The van der Waals surface area contributed by atoms with Gasteiger partial charge in [-0.25, -0.2) is 9.79 Å². The molecule has 0 saturated carbocycles. The quantitative estimate of drug-likeness (QED) is 0.659. The van der Waals surface area contributed by atoms with Crippen LogP contribution < -0.4 is 17.0 Å². The average molecular weight is 236 g/mol. The Kier molecular flexibility index (Phi) is 2.69. The van der Waals surface area contributed by atoms with Crippen LogP contribution in [0.25, 0.3) is 0 Å². The second-order valence-electron chi connectivity index (χ2n) is 2.94. The van der Waals surface area contributed by atoms with E-state index in [4.69, 9.17) is 5.73 Å². The molecular weight excluding hydrogens is 228 g/mol. The fourth-order valence-electron chi connectivity index (χ4n) is 1.12. The molecule has 0 amide bonds. The number of aromatic amines is 2. The topological polar surface area (TPSA) is 104 Å². The Labute approximate surface area is 93.5 Å². The van der Waals surface area contributed by atoms with Gasteiger partial charge in [0.1, 0.15) is 5.82 Å². The zero-order valence-corrected chi connectivity index (χ0v) is 8.88. The fourth-order valence-corrected chi connectivity index (χ4v) is 1.70. The number of aliphatic imine (C=N–C) groups is 1. The smallest absolute Gasteiger partial charge is 0.327 e. The van der Waals surface area contributed by atoms with Crippen LogP contribution in [0.4, 0.5) is 11.5 Å². The number of hydrogen-bond donors (Lipinski definition) is 3. The molecule has 0 unspecified atom stereocenters. The van der Waals surface area contributed by atoms with E-state index in [1.807, 2.05) is 17.5 Å². The number of aromatic nitrogens is 2. The van der Waals surface area contributed by atoms with E-state index in [0.29, 0.717) is 0 Å². The molecule has 0 aliphatic rings. The molecule has 0 aromatic carbocycles. The van der Waals surface area contributed by atoms with E-state index in [1.54, 1.807) is 0 Å². The van der Waals surface area contributed by atoms with Crippen molar-refractivity contribution >= 4 is 29.1 Å². The van der Waals surface area contributed by atoms with Gasteiger partial charge in [-0.05, 0) is 11.4 Å². The maximum absolute atomic E-state index is 11.4. The van der Waals surface area contributed by atoms with Gasteiger partial charge in [-0.3, -0.25) is 14.8 Å². The van der Waals surface area contributed by atoms with Crippen LogP contribution in [0.2, 0.25) is 0 Å².